The molecule has 6 heteroatoms. The quantitative estimate of drug-likeness (QED) is 0.447. The van der Waals surface area contributed by atoms with E-state index in [1.807, 2.05) is 11.6 Å². The second kappa shape index (κ2) is 3.06. The predicted octanol–water partition coefficient (Wildman–Crippen LogP) is 1.21. The maximum absolute atomic E-state index is 8.43. The second-order valence-electron chi connectivity index (χ2n) is 2.31. The maximum Gasteiger partial charge on any atom is 0.242 e. The molecule has 5 nitrogen and oxygen atoms in total. The molecule has 0 aromatic carbocycles. The van der Waals surface area contributed by atoms with Crippen LogP contribution in [0.4, 0.5) is 0 Å². The van der Waals surface area contributed by atoms with Crippen molar-refractivity contribution in [2.45, 2.75) is 0 Å². The van der Waals surface area contributed by atoms with Crippen molar-refractivity contribution in [3.05, 3.63) is 17.3 Å². The van der Waals surface area contributed by atoms with Gasteiger partial charge in [0.25, 0.3) is 0 Å². The van der Waals surface area contributed by atoms with Gasteiger partial charge in [-0.3, -0.25) is 4.40 Å². The average molecular weight is 197 g/mol. The molecule has 0 bridgehead atoms. The zero-order valence-electron chi connectivity index (χ0n) is 6.84. The second-order valence-corrected chi connectivity index (χ2v) is 3.18. The van der Waals surface area contributed by atoms with Crippen LogP contribution in [0.1, 0.15) is 5.69 Å². The summed E-state index contributed by atoms with van der Waals surface area (Å²) in [5, 5.41) is 13.3. The first kappa shape index (κ1) is 8.06. The molecular weight excluding hydrogens is 190 g/mol. The number of fused-ring (bicyclic) bond motifs is 1. The first-order chi connectivity index (χ1) is 6.36. The number of hydrogen-bond donors (Lipinski definition) is 1. The van der Waals surface area contributed by atoms with Crippen LogP contribution in [0.15, 0.2) is 16.7 Å². The van der Waals surface area contributed by atoms with Crippen LogP contribution in [0.5, 0.6) is 5.88 Å². The van der Waals surface area contributed by atoms with Crippen molar-refractivity contribution in [2.24, 2.45) is 5.16 Å². The van der Waals surface area contributed by atoms with Crippen LogP contribution < -0.4 is 4.74 Å². The first-order valence-corrected chi connectivity index (χ1v) is 4.41. The fourth-order valence-electron chi connectivity index (χ4n) is 1.11. The number of oxime groups is 1. The molecule has 2 rings (SSSR count). The molecule has 13 heavy (non-hydrogen) atoms. The summed E-state index contributed by atoms with van der Waals surface area (Å²) in [7, 11) is 1.53. The van der Waals surface area contributed by atoms with Crippen LogP contribution in [0.3, 0.4) is 0 Å². The van der Waals surface area contributed by atoms with E-state index >= 15 is 0 Å². The average Bonchev–Trinajstić information content (AvgIpc) is 2.67. The smallest absolute Gasteiger partial charge is 0.242 e. The van der Waals surface area contributed by atoms with Gasteiger partial charge in [0.15, 0.2) is 4.96 Å². The number of nitrogens with zero attached hydrogens (tertiary/aromatic N) is 3. The molecule has 0 unspecified atom stereocenters. The topological polar surface area (TPSA) is 59.1 Å². The Labute approximate surface area is 77.9 Å². The Hall–Kier alpha value is -1.56. The summed E-state index contributed by atoms with van der Waals surface area (Å²) in [6.45, 7) is 0. The van der Waals surface area contributed by atoms with Crippen molar-refractivity contribution in [1.29, 1.82) is 0 Å². The Bertz CT molecular complexity index is 445. The Morgan fingerprint density at radius 2 is 2.62 bits per heavy atom. The third kappa shape index (κ3) is 1.15. The lowest BCUT2D eigenvalue weighted by molar-refractivity contribution is 0.321. The van der Waals surface area contributed by atoms with Gasteiger partial charge in [-0.15, -0.1) is 11.3 Å². The molecule has 0 saturated heterocycles. The van der Waals surface area contributed by atoms with E-state index in [0.29, 0.717) is 11.6 Å². The summed E-state index contributed by atoms with van der Waals surface area (Å²) in [4.78, 5) is 4.98. The van der Waals surface area contributed by atoms with E-state index in [9.17, 15) is 0 Å². The van der Waals surface area contributed by atoms with Gasteiger partial charge in [0.2, 0.25) is 5.88 Å². The lowest BCUT2D eigenvalue weighted by Gasteiger charge is -1.93. The summed E-state index contributed by atoms with van der Waals surface area (Å²) in [6.07, 6.45) is 3.14. The van der Waals surface area contributed by atoms with Crippen LogP contribution >= 0.6 is 11.3 Å². The van der Waals surface area contributed by atoms with E-state index in [4.69, 9.17) is 9.94 Å². The summed E-state index contributed by atoms with van der Waals surface area (Å²) in [5.74, 6) is 0.463. The molecule has 0 aliphatic rings. The molecule has 0 aliphatic carbocycles. The van der Waals surface area contributed by atoms with E-state index in [2.05, 4.69) is 10.1 Å². The highest BCUT2D eigenvalue weighted by molar-refractivity contribution is 7.15. The Morgan fingerprint density at radius 3 is 3.31 bits per heavy atom. The number of thiazole rings is 1. The molecule has 0 amide bonds. The molecule has 0 saturated carbocycles. The monoisotopic (exact) mass is 197 g/mol. The van der Waals surface area contributed by atoms with Gasteiger partial charge in [0, 0.05) is 11.6 Å². The van der Waals surface area contributed by atoms with Crippen molar-refractivity contribution in [3.8, 4) is 5.88 Å². The van der Waals surface area contributed by atoms with Gasteiger partial charge < -0.3 is 9.94 Å². The van der Waals surface area contributed by atoms with Gasteiger partial charge in [-0.25, -0.2) is 0 Å². The molecule has 2 aromatic rings. The van der Waals surface area contributed by atoms with E-state index in [1.54, 1.807) is 4.40 Å². The molecule has 0 spiro atoms. The SMILES string of the molecule is COc1nc2sccn2c1/C=N/O. The van der Waals surface area contributed by atoms with Gasteiger partial charge in [0.05, 0.1) is 13.3 Å². The molecule has 0 radical (unpaired) electrons. The van der Waals surface area contributed by atoms with E-state index in [-0.39, 0.29) is 0 Å². The van der Waals surface area contributed by atoms with Gasteiger partial charge in [-0.05, 0) is 0 Å². The van der Waals surface area contributed by atoms with Crippen LogP contribution in [0.2, 0.25) is 0 Å². The highest BCUT2D eigenvalue weighted by atomic mass is 32.1. The maximum atomic E-state index is 8.43. The molecule has 1 N–H and O–H groups in total. The number of ether oxygens (including phenoxy) is 1. The minimum absolute atomic E-state index is 0.463. The fourth-order valence-corrected chi connectivity index (χ4v) is 1.82. The highest BCUT2D eigenvalue weighted by Crippen LogP contribution is 2.21. The molecule has 68 valence electrons. The first-order valence-electron chi connectivity index (χ1n) is 3.54. The largest absolute Gasteiger partial charge is 0.479 e. The highest BCUT2D eigenvalue weighted by Gasteiger charge is 2.11. The Kier molecular flexibility index (Phi) is 1.90. The molecule has 2 aromatic heterocycles. The number of hydrogen-bond acceptors (Lipinski definition) is 5. The zero-order valence-corrected chi connectivity index (χ0v) is 7.65. The summed E-state index contributed by atoms with van der Waals surface area (Å²) >= 11 is 1.49. The van der Waals surface area contributed by atoms with Gasteiger partial charge in [-0.2, -0.15) is 4.98 Å². The third-order valence-corrected chi connectivity index (χ3v) is 2.40. The third-order valence-electron chi connectivity index (χ3n) is 1.64. The lowest BCUT2D eigenvalue weighted by atomic mass is 10.5. The lowest BCUT2D eigenvalue weighted by Crippen LogP contribution is -1.92. The van der Waals surface area contributed by atoms with Gasteiger partial charge in [0.1, 0.15) is 5.69 Å². The van der Waals surface area contributed by atoms with Crippen LogP contribution in [0.25, 0.3) is 4.96 Å². The molecule has 0 aliphatic heterocycles. The van der Waals surface area contributed by atoms with Crippen molar-refractivity contribution in [1.82, 2.24) is 9.38 Å². The zero-order chi connectivity index (χ0) is 9.26. The van der Waals surface area contributed by atoms with Crippen molar-refractivity contribution < 1.29 is 9.94 Å². The summed E-state index contributed by atoms with van der Waals surface area (Å²) < 4.78 is 6.81. The number of imidazole rings is 1. The number of aromatic nitrogens is 2. The normalized spacial score (nSPS) is 11.5. The van der Waals surface area contributed by atoms with Crippen molar-refractivity contribution >= 4 is 22.5 Å². The van der Waals surface area contributed by atoms with Gasteiger partial charge in [-0.1, -0.05) is 5.16 Å². The minimum atomic E-state index is 0.463. The Morgan fingerprint density at radius 1 is 1.77 bits per heavy atom. The van der Waals surface area contributed by atoms with E-state index < -0.39 is 0 Å². The molecular formula is C7H7N3O2S. The standard InChI is InChI=1S/C7H7N3O2S/c1-12-6-5(4-8-11)10-2-3-13-7(10)9-6/h2-4,11H,1H3/b8-4+. The fraction of sp³-hybridized carbons (Fsp3) is 0.143. The van der Waals surface area contributed by atoms with Crippen LogP contribution in [-0.2, 0) is 0 Å². The molecule has 0 fully saturated rings. The molecule has 0 atom stereocenters. The van der Waals surface area contributed by atoms with E-state index in [0.717, 1.165) is 4.96 Å². The summed E-state index contributed by atoms with van der Waals surface area (Å²) in [6, 6.07) is 0. The minimum Gasteiger partial charge on any atom is -0.479 e. The van der Waals surface area contributed by atoms with Crippen LogP contribution in [0, 0.1) is 0 Å². The number of methoxy groups -OCH3 is 1. The van der Waals surface area contributed by atoms with E-state index in [1.165, 1.54) is 24.7 Å². The molecule has 2 heterocycles. The Balaban J connectivity index is 2.69. The van der Waals surface area contributed by atoms with Crippen molar-refractivity contribution in [2.75, 3.05) is 7.11 Å². The summed E-state index contributed by atoms with van der Waals surface area (Å²) in [5.41, 5.74) is 0.640. The van der Waals surface area contributed by atoms with Crippen molar-refractivity contribution in [3.63, 3.8) is 0 Å². The number of rotatable bonds is 2. The van der Waals surface area contributed by atoms with Gasteiger partial charge >= 0.3 is 0 Å². The predicted molar refractivity (Wildman–Crippen MR) is 49.0 cm³/mol. The van der Waals surface area contributed by atoms with Crippen LogP contribution in [-0.4, -0.2) is 27.9 Å².